The number of rotatable bonds is 3. The lowest BCUT2D eigenvalue weighted by atomic mass is 10.1. The topological polar surface area (TPSA) is 52.6 Å². The number of hydrogen-bond donors (Lipinski definition) is 2. The minimum Gasteiger partial charge on any atom is -0.481 e. The molecule has 0 saturated carbocycles. The van der Waals surface area contributed by atoms with Gasteiger partial charge in [0.25, 0.3) is 0 Å². The number of carboxylic acid groups (broad SMARTS) is 1. The van der Waals surface area contributed by atoms with E-state index >= 15 is 0 Å². The van der Waals surface area contributed by atoms with Crippen molar-refractivity contribution in [2.45, 2.75) is 32.4 Å². The van der Waals surface area contributed by atoms with Crippen molar-refractivity contribution in [3.8, 4) is 0 Å². The van der Waals surface area contributed by atoms with Gasteiger partial charge in [0.1, 0.15) is 0 Å². The van der Waals surface area contributed by atoms with Crippen LogP contribution in [0.5, 0.6) is 0 Å². The first kappa shape index (κ1) is 10.5. The Balaban J connectivity index is 2.47. The fourth-order valence-electron chi connectivity index (χ4n) is 1.82. The standard InChI is InChI=1S/C9H18N2O2/c1-3-11-6-7(2)10-5-8(11)4-9(12)13/h7-8,10H,3-6H2,1-2H3,(H,12,13). The highest BCUT2D eigenvalue weighted by molar-refractivity contribution is 5.67. The van der Waals surface area contributed by atoms with Crippen LogP contribution in [0.1, 0.15) is 20.3 Å². The van der Waals surface area contributed by atoms with Gasteiger partial charge in [-0.05, 0) is 13.5 Å². The lowest BCUT2D eigenvalue weighted by molar-refractivity contribution is -0.138. The van der Waals surface area contributed by atoms with Gasteiger partial charge in [0, 0.05) is 25.2 Å². The molecule has 0 amide bonds. The van der Waals surface area contributed by atoms with Crippen molar-refractivity contribution in [2.75, 3.05) is 19.6 Å². The number of aliphatic carboxylic acids is 1. The van der Waals surface area contributed by atoms with Crippen LogP contribution in [-0.2, 0) is 4.79 Å². The van der Waals surface area contributed by atoms with Crippen molar-refractivity contribution >= 4 is 5.97 Å². The first-order chi connectivity index (χ1) is 6.13. The van der Waals surface area contributed by atoms with E-state index in [2.05, 4.69) is 24.1 Å². The van der Waals surface area contributed by atoms with Crippen LogP contribution in [0, 0.1) is 0 Å². The predicted octanol–water partition coefficient (Wildman–Crippen LogP) is 0.143. The first-order valence-corrected chi connectivity index (χ1v) is 4.82. The Bertz CT molecular complexity index is 184. The van der Waals surface area contributed by atoms with Crippen molar-refractivity contribution in [2.24, 2.45) is 0 Å². The molecule has 0 radical (unpaired) electrons. The summed E-state index contributed by atoms with van der Waals surface area (Å²) in [6.45, 7) is 6.88. The Morgan fingerprint density at radius 2 is 2.38 bits per heavy atom. The van der Waals surface area contributed by atoms with Gasteiger partial charge in [-0.2, -0.15) is 0 Å². The monoisotopic (exact) mass is 186 g/mol. The maximum atomic E-state index is 10.6. The highest BCUT2D eigenvalue weighted by Gasteiger charge is 2.25. The second-order valence-electron chi connectivity index (χ2n) is 3.65. The Kier molecular flexibility index (Phi) is 3.69. The van der Waals surface area contributed by atoms with E-state index in [9.17, 15) is 4.79 Å². The zero-order valence-corrected chi connectivity index (χ0v) is 8.29. The van der Waals surface area contributed by atoms with Gasteiger partial charge in [-0.3, -0.25) is 9.69 Å². The summed E-state index contributed by atoms with van der Waals surface area (Å²) >= 11 is 0. The molecule has 1 rings (SSSR count). The van der Waals surface area contributed by atoms with Crippen LogP contribution in [0.25, 0.3) is 0 Å². The fourth-order valence-corrected chi connectivity index (χ4v) is 1.82. The van der Waals surface area contributed by atoms with Crippen LogP contribution in [0.2, 0.25) is 0 Å². The second kappa shape index (κ2) is 4.58. The maximum Gasteiger partial charge on any atom is 0.304 e. The molecule has 0 aromatic heterocycles. The Morgan fingerprint density at radius 3 is 2.92 bits per heavy atom. The maximum absolute atomic E-state index is 10.6. The third-order valence-corrected chi connectivity index (χ3v) is 2.54. The molecule has 76 valence electrons. The van der Waals surface area contributed by atoms with Crippen LogP contribution < -0.4 is 5.32 Å². The molecule has 2 N–H and O–H groups in total. The van der Waals surface area contributed by atoms with Crippen molar-refractivity contribution in [1.82, 2.24) is 10.2 Å². The molecule has 1 saturated heterocycles. The largest absolute Gasteiger partial charge is 0.481 e. The molecule has 0 aromatic rings. The minimum atomic E-state index is -0.709. The highest BCUT2D eigenvalue weighted by atomic mass is 16.4. The quantitative estimate of drug-likeness (QED) is 0.658. The Hall–Kier alpha value is -0.610. The molecule has 1 heterocycles. The molecule has 1 aliphatic rings. The van der Waals surface area contributed by atoms with E-state index in [-0.39, 0.29) is 12.5 Å². The molecular weight excluding hydrogens is 168 g/mol. The third kappa shape index (κ3) is 2.97. The molecule has 0 spiro atoms. The molecule has 2 atom stereocenters. The SMILES string of the molecule is CCN1CC(C)NCC1CC(=O)O. The first-order valence-electron chi connectivity index (χ1n) is 4.82. The summed E-state index contributed by atoms with van der Waals surface area (Å²) in [7, 11) is 0. The molecule has 0 aliphatic carbocycles. The van der Waals surface area contributed by atoms with Gasteiger partial charge in [0.2, 0.25) is 0 Å². The average molecular weight is 186 g/mol. The van der Waals surface area contributed by atoms with Gasteiger partial charge in [0.15, 0.2) is 0 Å². The molecule has 0 aromatic carbocycles. The van der Waals surface area contributed by atoms with Crippen molar-refractivity contribution in [3.63, 3.8) is 0 Å². The minimum absolute atomic E-state index is 0.165. The van der Waals surface area contributed by atoms with E-state index in [1.54, 1.807) is 0 Å². The number of hydrogen-bond acceptors (Lipinski definition) is 3. The van der Waals surface area contributed by atoms with Gasteiger partial charge in [-0.25, -0.2) is 0 Å². The molecule has 13 heavy (non-hydrogen) atoms. The number of carboxylic acids is 1. The number of nitrogens with one attached hydrogen (secondary N) is 1. The summed E-state index contributed by atoms with van der Waals surface area (Å²) in [5.74, 6) is -0.709. The fraction of sp³-hybridized carbons (Fsp3) is 0.889. The highest BCUT2D eigenvalue weighted by Crippen LogP contribution is 2.09. The summed E-state index contributed by atoms with van der Waals surface area (Å²) in [4.78, 5) is 12.8. The Morgan fingerprint density at radius 1 is 1.69 bits per heavy atom. The van der Waals surface area contributed by atoms with Gasteiger partial charge >= 0.3 is 5.97 Å². The lowest BCUT2D eigenvalue weighted by Crippen LogP contribution is -2.55. The number of likely N-dealkylation sites (N-methyl/N-ethyl adjacent to an activating group) is 1. The number of piperazine rings is 1. The van der Waals surface area contributed by atoms with Gasteiger partial charge in [0.05, 0.1) is 6.42 Å². The average Bonchev–Trinajstić information content (AvgIpc) is 2.07. The lowest BCUT2D eigenvalue weighted by Gasteiger charge is -2.38. The van der Waals surface area contributed by atoms with Crippen LogP contribution in [0.4, 0.5) is 0 Å². The number of nitrogens with zero attached hydrogens (tertiary/aromatic N) is 1. The van der Waals surface area contributed by atoms with Gasteiger partial charge in [-0.15, -0.1) is 0 Å². The molecule has 1 aliphatic heterocycles. The summed E-state index contributed by atoms with van der Waals surface area (Å²) in [5.41, 5.74) is 0. The molecule has 4 heteroatoms. The van der Waals surface area contributed by atoms with Crippen molar-refractivity contribution in [3.05, 3.63) is 0 Å². The molecular formula is C9H18N2O2. The predicted molar refractivity (Wildman–Crippen MR) is 50.8 cm³/mol. The molecule has 2 unspecified atom stereocenters. The zero-order chi connectivity index (χ0) is 9.84. The van der Waals surface area contributed by atoms with E-state index in [1.807, 2.05) is 0 Å². The smallest absolute Gasteiger partial charge is 0.304 e. The summed E-state index contributed by atoms with van der Waals surface area (Å²) in [6.07, 6.45) is 0.244. The van der Waals surface area contributed by atoms with Crippen LogP contribution in [-0.4, -0.2) is 47.7 Å². The summed E-state index contributed by atoms with van der Waals surface area (Å²) in [6, 6.07) is 0.642. The van der Waals surface area contributed by atoms with E-state index in [0.29, 0.717) is 6.04 Å². The van der Waals surface area contributed by atoms with Crippen molar-refractivity contribution < 1.29 is 9.90 Å². The van der Waals surface area contributed by atoms with Gasteiger partial charge in [-0.1, -0.05) is 6.92 Å². The van der Waals surface area contributed by atoms with Crippen molar-refractivity contribution in [1.29, 1.82) is 0 Å². The van der Waals surface area contributed by atoms with E-state index in [4.69, 9.17) is 5.11 Å². The van der Waals surface area contributed by atoms with Crippen LogP contribution in [0.3, 0.4) is 0 Å². The summed E-state index contributed by atoms with van der Waals surface area (Å²) in [5, 5.41) is 12.0. The van der Waals surface area contributed by atoms with Gasteiger partial charge < -0.3 is 10.4 Å². The van der Waals surface area contributed by atoms with E-state index in [1.165, 1.54) is 0 Å². The number of carbonyl (C=O) groups is 1. The molecule has 1 fully saturated rings. The normalized spacial score (nSPS) is 30.3. The Labute approximate surface area is 78.9 Å². The van der Waals surface area contributed by atoms with Crippen LogP contribution in [0.15, 0.2) is 0 Å². The zero-order valence-electron chi connectivity index (χ0n) is 8.29. The van der Waals surface area contributed by atoms with Crippen LogP contribution >= 0.6 is 0 Å². The third-order valence-electron chi connectivity index (χ3n) is 2.54. The summed E-state index contributed by atoms with van der Waals surface area (Å²) < 4.78 is 0. The van der Waals surface area contributed by atoms with E-state index < -0.39 is 5.97 Å². The molecule has 0 bridgehead atoms. The van der Waals surface area contributed by atoms with E-state index in [0.717, 1.165) is 19.6 Å². The second-order valence-corrected chi connectivity index (χ2v) is 3.65. The molecule has 4 nitrogen and oxygen atoms in total.